The first-order chi connectivity index (χ1) is 63.3. The first-order valence-electron chi connectivity index (χ1n) is 45.6. The molecule has 0 saturated carbocycles. The third-order valence-corrected chi connectivity index (χ3v) is 23.2. The normalized spacial score (nSPS) is 22.8. The third-order valence-electron chi connectivity index (χ3n) is 23.2. The lowest BCUT2D eigenvalue weighted by Gasteiger charge is -2.51. The zero-order valence-electron chi connectivity index (χ0n) is 73.9. The lowest BCUT2D eigenvalue weighted by Crippen LogP contribution is -2.68. The van der Waals surface area contributed by atoms with Gasteiger partial charge < -0.3 is 85.6 Å². The van der Waals surface area contributed by atoms with Crippen molar-refractivity contribution in [2.24, 2.45) is 5.11 Å². The minimum absolute atomic E-state index is 0.0116. The van der Waals surface area contributed by atoms with Crippen molar-refractivity contribution in [3.05, 3.63) is 375 Å². The van der Waals surface area contributed by atoms with E-state index < -0.39 is 104 Å². The molecular weight excluding hydrogens is 1620 g/mol. The maximum Gasteiger partial charge on any atom is 0.187 e. The van der Waals surface area contributed by atoms with E-state index in [0.717, 1.165) is 74.9 Å². The second-order valence-corrected chi connectivity index (χ2v) is 32.9. The van der Waals surface area contributed by atoms with Gasteiger partial charge in [0.15, 0.2) is 18.9 Å². The molecule has 3 aliphatic rings. The Labute approximate surface area is 755 Å². The molecule has 6 unspecified atom stereocenters. The van der Waals surface area contributed by atoms with Crippen LogP contribution in [0.4, 0.5) is 0 Å². The molecule has 3 fully saturated rings. The van der Waals surface area contributed by atoms with E-state index in [0.29, 0.717) is 5.75 Å². The van der Waals surface area contributed by atoms with Crippen LogP contribution in [0.25, 0.3) is 10.4 Å². The van der Waals surface area contributed by atoms with Crippen molar-refractivity contribution < 1.29 is 85.6 Å². The van der Waals surface area contributed by atoms with E-state index in [1.54, 1.807) is 7.11 Å². The van der Waals surface area contributed by atoms with Crippen LogP contribution < -0.4 is 4.74 Å². The summed E-state index contributed by atoms with van der Waals surface area (Å²) >= 11 is 0. The fourth-order valence-corrected chi connectivity index (χ4v) is 16.2. The Morgan fingerprint density at radius 1 is 0.336 bits per heavy atom. The van der Waals surface area contributed by atoms with E-state index in [-0.39, 0.29) is 92.5 Å². The van der Waals surface area contributed by atoms with Gasteiger partial charge in [0.05, 0.1) is 112 Å². The molecule has 13 rings (SSSR count). The summed E-state index contributed by atoms with van der Waals surface area (Å²) in [7, 11) is 1.64. The number of benzene rings is 10. The van der Waals surface area contributed by atoms with Gasteiger partial charge in [-0.25, -0.2) is 0 Å². The topological polar surface area (TPSA) is 226 Å². The van der Waals surface area contributed by atoms with E-state index in [9.17, 15) is 10.6 Å². The number of nitrogens with zero attached hydrogens (tertiary/aromatic N) is 3. The smallest absolute Gasteiger partial charge is 0.187 e. The van der Waals surface area contributed by atoms with Crippen LogP contribution in [0, 0.1) is 0 Å². The molecule has 3 heterocycles. The number of aliphatic hydroxyl groups is 1. The van der Waals surface area contributed by atoms with Crippen LogP contribution in [0.1, 0.15) is 140 Å². The molecule has 0 aromatic heterocycles. The number of hydrogen-bond acceptors (Lipinski definition) is 19. The summed E-state index contributed by atoms with van der Waals surface area (Å²) in [6.07, 6.45) is -0.0902. The molecule has 10 aromatic carbocycles. The zero-order valence-corrected chi connectivity index (χ0v) is 73.9. The summed E-state index contributed by atoms with van der Waals surface area (Å²) in [4.78, 5) is 3.37. The van der Waals surface area contributed by atoms with Gasteiger partial charge in [-0.15, -0.1) is 0 Å². The molecule has 3 aliphatic heterocycles. The van der Waals surface area contributed by atoms with Gasteiger partial charge in [-0.2, -0.15) is 0 Å². The number of rotatable bonds is 56. The fourth-order valence-electron chi connectivity index (χ4n) is 16.2. The van der Waals surface area contributed by atoms with Gasteiger partial charge in [0.1, 0.15) is 79.0 Å². The van der Waals surface area contributed by atoms with Gasteiger partial charge in [0, 0.05) is 4.91 Å². The number of ether oxygens (including phenoxy) is 17. The van der Waals surface area contributed by atoms with E-state index in [1.165, 1.54) is 57.8 Å². The van der Waals surface area contributed by atoms with Crippen molar-refractivity contribution in [1.82, 2.24) is 0 Å². The SMILES string of the molecule is CCCCCCCCCCCCC/C=C/[C@@H](OCc1ccccc1)[C@H](CO[C@@H]1OC(COCc2ccccc2)[C@@H](O[C@@H]2OC(COCc3ccccc3)[C@H](O[C@@H]3OC(COCc4ccccc4)[C@H](OCc4ccccc4)[C@@H](OCc4ccc(OC)cc4)C3OCc3ccccc3)[C@@H](OCc3ccccc3)C2OCc2ccccc2)[C@@H](OCc2ccccc2)C1O)N=[N+]=[N-]. The Kier molecular flexibility index (Phi) is 41.0. The number of methoxy groups -OCH3 is 1. The van der Waals surface area contributed by atoms with Gasteiger partial charge in [0.2, 0.25) is 0 Å². The van der Waals surface area contributed by atoms with Crippen LogP contribution in [0.3, 0.4) is 0 Å². The summed E-state index contributed by atoms with van der Waals surface area (Å²) < 4.78 is 122. The molecule has 10 aromatic rings. The van der Waals surface area contributed by atoms with Crippen molar-refractivity contribution in [2.75, 3.05) is 33.5 Å². The standard InChI is InChI=1S/C107H127N3O18/c1-3-4-5-6-7-8-9-10-11-12-13-14-42-61-92(116-69-83-49-30-18-31-50-83)91(109-110-108)76-123-105-96(111)100(118-71-85-53-34-20-35-54-85)98(94(124-105)78-114-67-81-45-26-16-27-46-81)127-107-104(122-74-88-59-40-23-41-60-88)102(120-72-86-55-36-21-37-56-86)99(95(126-107)79-115-68-82-47-28-17-29-48-82)128-106-103(121-73-87-57-38-22-39-58-87)101(119-75-89-62-64-90(112-2)65-63-89)97(117-70-84-51-32-19-33-52-84)93(125-106)77-113-66-80-43-24-15-25-44-80/h15-65,91-107,111H,3-14,66-79H2,1-2H3/b61-42+/t91-,92+,93?,94?,95?,96?,97-,98+,99-,100-,101+,102+,103?,104?,105+,106-,107-/m0/s1. The molecule has 1 N–H and O–H groups in total. The molecule has 678 valence electrons. The van der Waals surface area contributed by atoms with E-state index in [4.69, 9.17) is 80.5 Å². The van der Waals surface area contributed by atoms with Gasteiger partial charge >= 0.3 is 0 Å². The first-order valence-corrected chi connectivity index (χ1v) is 45.6. The van der Waals surface area contributed by atoms with Crippen LogP contribution in [0.15, 0.2) is 315 Å². The van der Waals surface area contributed by atoms with Gasteiger partial charge in [-0.05, 0) is 86.1 Å². The predicted octanol–water partition coefficient (Wildman–Crippen LogP) is 21.0. The van der Waals surface area contributed by atoms with Crippen LogP contribution >= 0.6 is 0 Å². The number of azide groups is 1. The van der Waals surface area contributed by atoms with Crippen molar-refractivity contribution in [3.63, 3.8) is 0 Å². The summed E-state index contributed by atoms with van der Waals surface area (Å²) in [6, 6.07) is 95.8. The fraction of sp³-hybridized carbons (Fsp3) is 0.421. The molecule has 21 heteroatoms. The maximum absolute atomic E-state index is 13.5. The lowest BCUT2D eigenvalue weighted by atomic mass is 9.95. The van der Waals surface area contributed by atoms with Crippen LogP contribution in [-0.4, -0.2) is 143 Å². The second kappa shape index (κ2) is 54.8. The summed E-state index contributed by atoms with van der Waals surface area (Å²) in [5.41, 5.74) is 19.3. The Morgan fingerprint density at radius 2 is 0.641 bits per heavy atom. The Hall–Kier alpha value is -9.63. The lowest BCUT2D eigenvalue weighted by molar-refractivity contribution is -0.394. The molecule has 17 atom stereocenters. The van der Waals surface area contributed by atoms with E-state index in [1.807, 2.05) is 303 Å². The Bertz CT molecular complexity index is 4680. The highest BCUT2D eigenvalue weighted by Gasteiger charge is 2.57. The monoisotopic (exact) mass is 1740 g/mol. The highest BCUT2D eigenvalue weighted by atomic mass is 16.8. The second-order valence-electron chi connectivity index (χ2n) is 32.9. The Balaban J connectivity index is 0.883. The maximum atomic E-state index is 13.5. The van der Waals surface area contributed by atoms with Crippen LogP contribution in [0.5, 0.6) is 5.75 Å². The number of allylic oxidation sites excluding steroid dienone is 1. The van der Waals surface area contributed by atoms with Crippen LogP contribution in [-0.2, 0) is 142 Å². The van der Waals surface area contributed by atoms with Crippen molar-refractivity contribution in [2.45, 2.75) is 254 Å². The predicted molar refractivity (Wildman–Crippen MR) is 491 cm³/mol. The molecule has 21 nitrogen and oxygen atoms in total. The van der Waals surface area contributed by atoms with Gasteiger partial charge in [-0.1, -0.05) is 374 Å². The summed E-state index contributed by atoms with van der Waals surface area (Å²) in [5.74, 6) is 0.695. The number of unbranched alkanes of at least 4 members (excludes halogenated alkanes) is 11. The highest BCUT2D eigenvalue weighted by molar-refractivity contribution is 5.27. The van der Waals surface area contributed by atoms with Crippen molar-refractivity contribution in [3.8, 4) is 5.75 Å². The van der Waals surface area contributed by atoms with Gasteiger partial charge in [-0.3, -0.25) is 0 Å². The van der Waals surface area contributed by atoms with E-state index >= 15 is 0 Å². The highest BCUT2D eigenvalue weighted by Crippen LogP contribution is 2.40. The first kappa shape index (κ1) is 95.9. The minimum Gasteiger partial charge on any atom is -0.497 e. The average Bonchev–Trinajstić information content (AvgIpc) is 0.779. The molecule has 0 bridgehead atoms. The summed E-state index contributed by atoms with van der Waals surface area (Å²) in [6.45, 7) is 3.14. The minimum atomic E-state index is -1.60. The van der Waals surface area contributed by atoms with Crippen molar-refractivity contribution >= 4 is 0 Å². The molecule has 128 heavy (non-hydrogen) atoms. The average molecular weight is 1740 g/mol. The van der Waals surface area contributed by atoms with Crippen LogP contribution in [0.2, 0.25) is 0 Å². The Morgan fingerprint density at radius 3 is 1.02 bits per heavy atom. The quantitative estimate of drug-likeness (QED) is 0.0123. The molecule has 3 saturated heterocycles. The molecule has 0 amide bonds. The number of aliphatic hydroxyl groups excluding tert-OH is 1. The third kappa shape index (κ3) is 31.3. The largest absolute Gasteiger partial charge is 0.497 e. The van der Waals surface area contributed by atoms with E-state index in [2.05, 4.69) is 23.0 Å². The molecule has 0 spiro atoms. The number of hydrogen-bond donors (Lipinski definition) is 1. The molecule has 0 aliphatic carbocycles. The molecule has 0 radical (unpaired) electrons. The van der Waals surface area contributed by atoms with Crippen molar-refractivity contribution in [1.29, 1.82) is 0 Å². The zero-order chi connectivity index (χ0) is 88.0. The summed E-state index contributed by atoms with van der Waals surface area (Å²) in [5, 5.41) is 17.8. The molecular formula is C107H127N3O18. The van der Waals surface area contributed by atoms with Gasteiger partial charge in [0.25, 0.3) is 0 Å².